The largest absolute Gasteiger partial charge is 0.392 e. The zero-order valence-electron chi connectivity index (χ0n) is 12.3. The molecular formula is C17H17N3O2. The Morgan fingerprint density at radius 2 is 2.14 bits per heavy atom. The number of aromatic nitrogens is 2. The van der Waals surface area contributed by atoms with Crippen molar-refractivity contribution in [2.75, 3.05) is 6.54 Å². The Bertz CT molecular complexity index is 824. The van der Waals surface area contributed by atoms with Gasteiger partial charge in [0.05, 0.1) is 17.8 Å². The van der Waals surface area contributed by atoms with Gasteiger partial charge in [0.25, 0.3) is 5.91 Å². The van der Waals surface area contributed by atoms with Crippen molar-refractivity contribution in [3.63, 3.8) is 0 Å². The minimum Gasteiger partial charge on any atom is -0.392 e. The van der Waals surface area contributed by atoms with Crippen molar-refractivity contribution < 1.29 is 9.90 Å². The molecule has 22 heavy (non-hydrogen) atoms. The van der Waals surface area contributed by atoms with Gasteiger partial charge >= 0.3 is 0 Å². The van der Waals surface area contributed by atoms with Gasteiger partial charge in [0, 0.05) is 23.1 Å². The van der Waals surface area contributed by atoms with E-state index in [2.05, 4.69) is 15.5 Å². The summed E-state index contributed by atoms with van der Waals surface area (Å²) >= 11 is 0. The van der Waals surface area contributed by atoms with Crippen LogP contribution in [0.3, 0.4) is 0 Å². The fourth-order valence-electron chi connectivity index (χ4n) is 2.46. The molecule has 3 aromatic rings. The molecule has 1 amide bonds. The van der Waals surface area contributed by atoms with E-state index in [1.807, 2.05) is 37.3 Å². The van der Waals surface area contributed by atoms with Crippen molar-refractivity contribution in [1.82, 2.24) is 15.5 Å². The van der Waals surface area contributed by atoms with E-state index in [1.165, 1.54) is 0 Å². The molecule has 112 valence electrons. The average molecular weight is 295 g/mol. The number of hydrogen-bond donors (Lipinski definition) is 3. The SMILES string of the molecule is CCNC(=O)c1ccc2c(-c3cccc(CO)c3)n[nH]c2c1. The number of carbonyl (C=O) groups excluding carboxylic acids is 1. The summed E-state index contributed by atoms with van der Waals surface area (Å²) in [7, 11) is 0. The normalized spacial score (nSPS) is 10.8. The quantitative estimate of drug-likeness (QED) is 0.692. The maximum absolute atomic E-state index is 11.9. The number of aliphatic hydroxyl groups excluding tert-OH is 1. The molecule has 0 saturated heterocycles. The Hall–Kier alpha value is -2.66. The summed E-state index contributed by atoms with van der Waals surface area (Å²) in [5.41, 5.74) is 4.01. The molecule has 0 fully saturated rings. The first-order chi connectivity index (χ1) is 10.7. The molecule has 0 radical (unpaired) electrons. The lowest BCUT2D eigenvalue weighted by atomic mass is 10.0. The minimum atomic E-state index is -0.0946. The van der Waals surface area contributed by atoms with Crippen LogP contribution in [0.25, 0.3) is 22.2 Å². The first-order valence-electron chi connectivity index (χ1n) is 7.19. The first kappa shape index (κ1) is 14.3. The number of amides is 1. The summed E-state index contributed by atoms with van der Waals surface area (Å²) in [6.07, 6.45) is 0. The molecular weight excluding hydrogens is 278 g/mol. The number of aromatic amines is 1. The molecule has 0 saturated carbocycles. The van der Waals surface area contributed by atoms with Crippen LogP contribution in [-0.2, 0) is 6.61 Å². The van der Waals surface area contributed by atoms with Crippen molar-refractivity contribution >= 4 is 16.8 Å². The molecule has 0 aliphatic rings. The predicted molar refractivity (Wildman–Crippen MR) is 85.5 cm³/mol. The van der Waals surface area contributed by atoms with Gasteiger partial charge in [-0.05, 0) is 36.8 Å². The Morgan fingerprint density at radius 1 is 1.27 bits per heavy atom. The van der Waals surface area contributed by atoms with Crippen LogP contribution in [0, 0.1) is 0 Å². The van der Waals surface area contributed by atoms with Crippen molar-refractivity contribution in [2.24, 2.45) is 0 Å². The smallest absolute Gasteiger partial charge is 0.251 e. The van der Waals surface area contributed by atoms with Crippen LogP contribution in [0.4, 0.5) is 0 Å². The lowest BCUT2D eigenvalue weighted by Crippen LogP contribution is -2.22. The van der Waals surface area contributed by atoms with Crippen molar-refractivity contribution in [3.8, 4) is 11.3 Å². The van der Waals surface area contributed by atoms with Crippen LogP contribution >= 0.6 is 0 Å². The number of benzene rings is 2. The fraction of sp³-hybridized carbons (Fsp3) is 0.176. The van der Waals surface area contributed by atoms with Gasteiger partial charge in [0.15, 0.2) is 0 Å². The number of nitrogens with zero attached hydrogens (tertiary/aromatic N) is 1. The number of aliphatic hydroxyl groups is 1. The second kappa shape index (κ2) is 5.99. The first-order valence-corrected chi connectivity index (χ1v) is 7.19. The second-order valence-electron chi connectivity index (χ2n) is 5.05. The lowest BCUT2D eigenvalue weighted by Gasteiger charge is -2.03. The van der Waals surface area contributed by atoms with Crippen molar-refractivity contribution in [3.05, 3.63) is 53.6 Å². The average Bonchev–Trinajstić information content (AvgIpc) is 2.98. The lowest BCUT2D eigenvalue weighted by molar-refractivity contribution is 0.0956. The number of hydrogen-bond acceptors (Lipinski definition) is 3. The van der Waals surface area contributed by atoms with E-state index in [-0.39, 0.29) is 12.5 Å². The zero-order chi connectivity index (χ0) is 15.5. The molecule has 2 aromatic carbocycles. The molecule has 0 atom stereocenters. The van der Waals surface area contributed by atoms with Gasteiger partial charge in [0.2, 0.25) is 0 Å². The van der Waals surface area contributed by atoms with Gasteiger partial charge in [-0.15, -0.1) is 0 Å². The Balaban J connectivity index is 2.03. The van der Waals surface area contributed by atoms with E-state index in [1.54, 1.807) is 12.1 Å². The van der Waals surface area contributed by atoms with E-state index < -0.39 is 0 Å². The summed E-state index contributed by atoms with van der Waals surface area (Å²) in [5, 5.41) is 20.3. The monoisotopic (exact) mass is 295 g/mol. The third-order valence-corrected chi connectivity index (χ3v) is 3.55. The molecule has 0 spiro atoms. The van der Waals surface area contributed by atoms with Crippen molar-refractivity contribution in [1.29, 1.82) is 0 Å². The van der Waals surface area contributed by atoms with Crippen LogP contribution in [0.2, 0.25) is 0 Å². The molecule has 5 nitrogen and oxygen atoms in total. The maximum atomic E-state index is 11.9. The highest BCUT2D eigenvalue weighted by Gasteiger charge is 2.11. The van der Waals surface area contributed by atoms with Crippen LogP contribution in [0.1, 0.15) is 22.8 Å². The molecule has 1 heterocycles. The van der Waals surface area contributed by atoms with Crippen molar-refractivity contribution in [2.45, 2.75) is 13.5 Å². The topological polar surface area (TPSA) is 78.0 Å². The fourth-order valence-corrected chi connectivity index (χ4v) is 2.46. The van der Waals surface area contributed by atoms with E-state index in [0.717, 1.165) is 27.7 Å². The van der Waals surface area contributed by atoms with E-state index in [9.17, 15) is 9.90 Å². The molecule has 3 rings (SSSR count). The molecule has 0 aliphatic carbocycles. The Morgan fingerprint density at radius 3 is 2.91 bits per heavy atom. The van der Waals surface area contributed by atoms with E-state index in [0.29, 0.717) is 12.1 Å². The van der Waals surface area contributed by atoms with Gasteiger partial charge in [-0.3, -0.25) is 9.89 Å². The predicted octanol–water partition coefficient (Wildman–Crippen LogP) is 2.47. The number of nitrogens with one attached hydrogen (secondary N) is 2. The highest BCUT2D eigenvalue weighted by atomic mass is 16.3. The van der Waals surface area contributed by atoms with Gasteiger partial charge in [0.1, 0.15) is 0 Å². The summed E-state index contributed by atoms with van der Waals surface area (Å²) in [5.74, 6) is -0.0946. The van der Waals surface area contributed by atoms with E-state index in [4.69, 9.17) is 0 Å². The summed E-state index contributed by atoms with van der Waals surface area (Å²) in [4.78, 5) is 11.9. The number of carbonyl (C=O) groups is 1. The molecule has 1 aromatic heterocycles. The molecule has 0 unspecified atom stereocenters. The van der Waals surface area contributed by atoms with Gasteiger partial charge in [-0.1, -0.05) is 18.2 Å². The number of fused-ring (bicyclic) bond motifs is 1. The molecule has 0 bridgehead atoms. The standard InChI is InChI=1S/C17H17N3O2/c1-2-18-17(22)13-6-7-14-15(9-13)19-20-16(14)12-5-3-4-11(8-12)10-21/h3-9,21H,2,10H2,1H3,(H,18,22)(H,19,20). The van der Waals surface area contributed by atoms with Crippen LogP contribution < -0.4 is 5.32 Å². The highest BCUT2D eigenvalue weighted by molar-refractivity contribution is 6.00. The van der Waals surface area contributed by atoms with E-state index >= 15 is 0 Å². The van der Waals surface area contributed by atoms with Gasteiger partial charge < -0.3 is 10.4 Å². The van der Waals surface area contributed by atoms with Crippen LogP contribution in [0.15, 0.2) is 42.5 Å². The minimum absolute atomic E-state index is 0.00245. The maximum Gasteiger partial charge on any atom is 0.251 e. The van der Waals surface area contributed by atoms with Gasteiger partial charge in [-0.25, -0.2) is 0 Å². The third-order valence-electron chi connectivity index (χ3n) is 3.55. The Kier molecular flexibility index (Phi) is 3.89. The summed E-state index contributed by atoms with van der Waals surface area (Å²) in [6, 6.07) is 13.1. The summed E-state index contributed by atoms with van der Waals surface area (Å²) < 4.78 is 0. The zero-order valence-corrected chi connectivity index (χ0v) is 12.3. The number of H-pyrrole nitrogens is 1. The number of rotatable bonds is 4. The highest BCUT2D eigenvalue weighted by Crippen LogP contribution is 2.27. The van der Waals surface area contributed by atoms with Crippen LogP contribution in [-0.4, -0.2) is 27.8 Å². The summed E-state index contributed by atoms with van der Waals surface area (Å²) in [6.45, 7) is 2.48. The molecule has 0 aliphatic heterocycles. The Labute approximate surface area is 128 Å². The van der Waals surface area contributed by atoms with Crippen LogP contribution in [0.5, 0.6) is 0 Å². The third kappa shape index (κ3) is 2.58. The second-order valence-corrected chi connectivity index (χ2v) is 5.05. The van der Waals surface area contributed by atoms with Gasteiger partial charge in [-0.2, -0.15) is 5.10 Å². The molecule has 5 heteroatoms. The molecule has 3 N–H and O–H groups in total.